The first kappa shape index (κ1) is 25.8. The van der Waals surface area contributed by atoms with Gasteiger partial charge in [-0.05, 0) is 127 Å². The summed E-state index contributed by atoms with van der Waals surface area (Å²) in [6.07, 6.45) is 10.2. The Morgan fingerprint density at radius 1 is 0.789 bits per heavy atom. The van der Waals surface area contributed by atoms with Crippen LogP contribution in [0.2, 0.25) is 0 Å². The third-order valence-electron chi connectivity index (χ3n) is 11.8. The Morgan fingerprint density at radius 2 is 1.32 bits per heavy atom. The zero-order valence-corrected chi connectivity index (χ0v) is 23.6. The summed E-state index contributed by atoms with van der Waals surface area (Å²) < 4.78 is 6.40. The molecule has 2 aromatic rings. The lowest BCUT2D eigenvalue weighted by Gasteiger charge is -2.56. The van der Waals surface area contributed by atoms with Gasteiger partial charge in [0, 0.05) is 5.41 Å². The molecule has 0 spiro atoms. The zero-order chi connectivity index (χ0) is 26.9. The molecule has 2 N–H and O–H groups in total. The second kappa shape index (κ2) is 8.76. The standard InChI is InChI=1S/C34H44O4/c1-31(15-5-16-32(2)26-19-24(35)11-7-22(26)9-13-28(31)32)21-38-30(37)34(4)18-6-17-33(3)27-20-25(36)12-8-23(27)10-14-29(33)34/h7-8,11-12,19-20,28-29,35-36H,5-6,9-10,13-18,21H2,1-4H3/t28-,29+,31?,32+,33+,34-/m0/s1. The molecule has 0 bridgehead atoms. The molecule has 38 heavy (non-hydrogen) atoms. The van der Waals surface area contributed by atoms with Crippen LogP contribution in [0, 0.1) is 22.7 Å². The number of carbonyl (C=O) groups is 1. The molecule has 204 valence electrons. The maximum Gasteiger partial charge on any atom is 0.312 e. The maximum atomic E-state index is 14.1. The number of phenolic OH excluding ortho intramolecular Hbond substituents is 2. The molecule has 2 saturated carbocycles. The van der Waals surface area contributed by atoms with Crippen molar-refractivity contribution in [2.45, 2.75) is 103 Å². The summed E-state index contributed by atoms with van der Waals surface area (Å²) in [6.45, 7) is 9.64. The Morgan fingerprint density at radius 3 is 1.92 bits per heavy atom. The van der Waals surface area contributed by atoms with Crippen LogP contribution in [-0.2, 0) is 33.2 Å². The highest BCUT2D eigenvalue weighted by molar-refractivity contribution is 5.77. The van der Waals surface area contributed by atoms with Crippen molar-refractivity contribution in [1.82, 2.24) is 0 Å². The molecule has 0 aliphatic heterocycles. The summed E-state index contributed by atoms with van der Waals surface area (Å²) in [7, 11) is 0. The number of hydrogen-bond acceptors (Lipinski definition) is 4. The zero-order valence-electron chi connectivity index (χ0n) is 23.6. The van der Waals surface area contributed by atoms with Gasteiger partial charge in [-0.15, -0.1) is 0 Å². The van der Waals surface area contributed by atoms with Crippen molar-refractivity contribution in [3.63, 3.8) is 0 Å². The lowest BCUT2D eigenvalue weighted by Crippen LogP contribution is -2.54. The van der Waals surface area contributed by atoms with Crippen molar-refractivity contribution in [3.05, 3.63) is 58.7 Å². The van der Waals surface area contributed by atoms with E-state index in [0.717, 1.165) is 64.2 Å². The summed E-state index contributed by atoms with van der Waals surface area (Å²) in [6, 6.07) is 11.7. The largest absolute Gasteiger partial charge is 0.508 e. The first-order valence-corrected chi connectivity index (χ1v) is 14.8. The van der Waals surface area contributed by atoms with Gasteiger partial charge in [-0.25, -0.2) is 0 Å². The lowest BCUT2D eigenvalue weighted by molar-refractivity contribution is -0.171. The van der Waals surface area contributed by atoms with Crippen LogP contribution in [0.25, 0.3) is 0 Å². The number of esters is 1. The average Bonchev–Trinajstić information content (AvgIpc) is 2.88. The van der Waals surface area contributed by atoms with E-state index >= 15 is 0 Å². The second-order valence-electron chi connectivity index (χ2n) is 14.1. The third kappa shape index (κ3) is 3.72. The van der Waals surface area contributed by atoms with Gasteiger partial charge in [0.2, 0.25) is 0 Å². The number of rotatable bonds is 3. The molecule has 6 rings (SSSR count). The van der Waals surface area contributed by atoms with E-state index in [9.17, 15) is 15.0 Å². The minimum absolute atomic E-state index is 0.00583. The molecule has 4 aliphatic rings. The van der Waals surface area contributed by atoms with Crippen LogP contribution in [0.4, 0.5) is 0 Å². The van der Waals surface area contributed by atoms with Crippen LogP contribution in [0.15, 0.2) is 36.4 Å². The van der Waals surface area contributed by atoms with E-state index in [2.05, 4.69) is 39.8 Å². The molecule has 6 atom stereocenters. The average molecular weight is 517 g/mol. The number of benzene rings is 2. The molecular weight excluding hydrogens is 472 g/mol. The number of fused-ring (bicyclic) bond motifs is 6. The first-order chi connectivity index (χ1) is 18.0. The summed E-state index contributed by atoms with van der Waals surface area (Å²) in [5.74, 6) is 1.26. The van der Waals surface area contributed by atoms with Gasteiger partial charge >= 0.3 is 5.97 Å². The fraction of sp³-hybridized carbons (Fsp3) is 0.618. The van der Waals surface area contributed by atoms with Crippen LogP contribution in [0.5, 0.6) is 11.5 Å². The predicted molar refractivity (Wildman–Crippen MR) is 149 cm³/mol. The molecular formula is C34H44O4. The van der Waals surface area contributed by atoms with Crippen LogP contribution in [0.3, 0.4) is 0 Å². The SMILES string of the molecule is CC1(COC(=O)[C@@]2(C)CCC[C@]3(C)c4cc(O)ccc4CC[C@@H]23)CCC[C@]2(C)c3cc(O)ccc3CC[C@@H]12. The van der Waals surface area contributed by atoms with E-state index < -0.39 is 5.41 Å². The van der Waals surface area contributed by atoms with Gasteiger partial charge in [-0.2, -0.15) is 0 Å². The number of phenols is 2. The third-order valence-corrected chi connectivity index (χ3v) is 11.8. The molecule has 0 radical (unpaired) electrons. The molecule has 0 heterocycles. The summed E-state index contributed by atoms with van der Waals surface area (Å²) in [5, 5.41) is 20.6. The Hall–Kier alpha value is -2.49. The van der Waals surface area contributed by atoms with Crippen molar-refractivity contribution >= 4 is 5.97 Å². The Balaban J connectivity index is 1.24. The van der Waals surface area contributed by atoms with Crippen molar-refractivity contribution in [1.29, 1.82) is 0 Å². The van der Waals surface area contributed by atoms with Crippen LogP contribution >= 0.6 is 0 Å². The minimum atomic E-state index is -0.518. The van der Waals surface area contributed by atoms with Gasteiger partial charge in [0.1, 0.15) is 11.5 Å². The van der Waals surface area contributed by atoms with Gasteiger partial charge in [0.05, 0.1) is 12.0 Å². The second-order valence-corrected chi connectivity index (χ2v) is 14.1. The van der Waals surface area contributed by atoms with Crippen LogP contribution in [-0.4, -0.2) is 22.8 Å². The topological polar surface area (TPSA) is 66.8 Å². The summed E-state index contributed by atoms with van der Waals surface area (Å²) in [4.78, 5) is 14.1. The molecule has 2 aromatic carbocycles. The van der Waals surface area contributed by atoms with E-state index in [1.807, 2.05) is 18.2 Å². The van der Waals surface area contributed by atoms with Crippen molar-refractivity contribution in [3.8, 4) is 11.5 Å². The number of hydrogen-bond donors (Lipinski definition) is 2. The van der Waals surface area contributed by atoms with Crippen molar-refractivity contribution < 1.29 is 19.7 Å². The fourth-order valence-corrected chi connectivity index (χ4v) is 9.84. The highest BCUT2D eigenvalue weighted by Crippen LogP contribution is 2.60. The Labute approximate surface area is 227 Å². The normalized spacial score (nSPS) is 37.8. The Kier molecular flexibility index (Phi) is 5.94. The summed E-state index contributed by atoms with van der Waals surface area (Å²) in [5.41, 5.74) is 4.48. The number of ether oxygens (including phenoxy) is 1. The number of carbonyl (C=O) groups excluding carboxylic acids is 1. The number of aryl methyl sites for hydroxylation is 2. The van der Waals surface area contributed by atoms with Gasteiger partial charge < -0.3 is 14.9 Å². The van der Waals surface area contributed by atoms with E-state index in [-0.39, 0.29) is 28.1 Å². The molecule has 4 aliphatic carbocycles. The summed E-state index contributed by atoms with van der Waals surface area (Å²) >= 11 is 0. The van der Waals surface area contributed by atoms with E-state index in [1.165, 1.54) is 22.3 Å². The van der Waals surface area contributed by atoms with Crippen LogP contribution in [0.1, 0.15) is 101 Å². The predicted octanol–water partition coefficient (Wildman–Crippen LogP) is 7.36. The fourth-order valence-electron chi connectivity index (χ4n) is 9.84. The van der Waals surface area contributed by atoms with Gasteiger partial charge in [-0.1, -0.05) is 45.7 Å². The van der Waals surface area contributed by atoms with Gasteiger partial charge in [0.25, 0.3) is 0 Å². The van der Waals surface area contributed by atoms with E-state index in [1.54, 1.807) is 6.07 Å². The van der Waals surface area contributed by atoms with Gasteiger partial charge in [0.15, 0.2) is 0 Å². The quantitative estimate of drug-likeness (QED) is 0.418. The Bertz CT molecular complexity index is 1270. The minimum Gasteiger partial charge on any atom is -0.508 e. The molecule has 4 nitrogen and oxygen atoms in total. The molecule has 1 unspecified atom stereocenters. The number of aromatic hydroxyl groups is 2. The molecule has 0 amide bonds. The highest BCUT2D eigenvalue weighted by atomic mass is 16.5. The van der Waals surface area contributed by atoms with Crippen LogP contribution < -0.4 is 0 Å². The highest BCUT2D eigenvalue weighted by Gasteiger charge is 2.57. The maximum absolute atomic E-state index is 14.1. The van der Waals surface area contributed by atoms with Crippen molar-refractivity contribution in [2.75, 3.05) is 6.61 Å². The molecule has 0 saturated heterocycles. The van der Waals surface area contributed by atoms with E-state index in [0.29, 0.717) is 24.0 Å². The lowest BCUT2D eigenvalue weighted by atomic mass is 9.49. The molecule has 4 heteroatoms. The van der Waals surface area contributed by atoms with E-state index in [4.69, 9.17) is 4.74 Å². The molecule has 2 fully saturated rings. The monoisotopic (exact) mass is 516 g/mol. The smallest absolute Gasteiger partial charge is 0.312 e. The molecule has 0 aromatic heterocycles. The first-order valence-electron chi connectivity index (χ1n) is 14.8. The van der Waals surface area contributed by atoms with Gasteiger partial charge in [-0.3, -0.25) is 4.79 Å². The van der Waals surface area contributed by atoms with Crippen molar-refractivity contribution in [2.24, 2.45) is 22.7 Å².